The number of ether oxygens (including phenoxy) is 3. The molecule has 0 atom stereocenters. The summed E-state index contributed by atoms with van der Waals surface area (Å²) >= 11 is 0. The fourth-order valence-corrected chi connectivity index (χ4v) is 6.54. The third-order valence-corrected chi connectivity index (χ3v) is 10.2. The summed E-state index contributed by atoms with van der Waals surface area (Å²) < 4.78 is 28.3. The van der Waals surface area contributed by atoms with E-state index in [9.17, 15) is 9.59 Å². The van der Waals surface area contributed by atoms with Gasteiger partial charge in [0.05, 0.1) is 36.5 Å². The maximum absolute atomic E-state index is 12.3. The van der Waals surface area contributed by atoms with Crippen LogP contribution in [0.25, 0.3) is 0 Å². The quantitative estimate of drug-likeness (QED) is 0.266. The Bertz CT molecular complexity index is 1330. The van der Waals surface area contributed by atoms with E-state index in [-0.39, 0.29) is 35.6 Å². The van der Waals surface area contributed by atoms with Crippen LogP contribution in [-0.2, 0) is 18.8 Å². The molecule has 2 aromatic rings. The number of benzene rings is 2. The topological polar surface area (TPSA) is 86.8 Å². The molecule has 9 nitrogen and oxygen atoms in total. The number of esters is 2. The summed E-state index contributed by atoms with van der Waals surface area (Å²) in [5.41, 5.74) is 1.94. The summed E-state index contributed by atoms with van der Waals surface area (Å²) in [4.78, 5) is 29.5. The molecule has 0 N–H and O–H groups in total. The normalized spacial score (nSPS) is 22.8. The number of carbonyl (C=O) groups excluding carboxylic acids is 2. The number of carbonyl (C=O) groups is 2. The average Bonchev–Trinajstić information content (AvgIpc) is 3.23. The molecule has 2 heterocycles. The van der Waals surface area contributed by atoms with E-state index in [0.717, 1.165) is 50.8 Å². The zero-order valence-electron chi connectivity index (χ0n) is 28.1. The minimum absolute atomic E-state index is 0.0627. The van der Waals surface area contributed by atoms with Crippen LogP contribution in [-0.4, -0.2) is 87.2 Å². The zero-order valence-corrected chi connectivity index (χ0v) is 28.1. The van der Waals surface area contributed by atoms with Gasteiger partial charge in [0.25, 0.3) is 0 Å². The number of piperidine rings is 1. The lowest BCUT2D eigenvalue weighted by Crippen LogP contribution is -2.53. The molecule has 0 bridgehead atoms. The molecule has 0 aromatic heterocycles. The second kappa shape index (κ2) is 13.3. The van der Waals surface area contributed by atoms with Crippen LogP contribution in [0.2, 0.25) is 0 Å². The van der Waals surface area contributed by atoms with Crippen molar-refractivity contribution < 1.29 is 33.1 Å². The number of hydrogen-bond donors (Lipinski definition) is 0. The Hall–Kier alpha value is -3.08. The highest BCUT2D eigenvalue weighted by atomic mass is 16.7. The number of anilines is 1. The van der Waals surface area contributed by atoms with E-state index < -0.39 is 11.9 Å². The first kappa shape index (κ1) is 33.3. The van der Waals surface area contributed by atoms with Crippen LogP contribution in [0.15, 0.2) is 42.5 Å². The summed E-state index contributed by atoms with van der Waals surface area (Å²) in [6.07, 6.45) is 4.25. The molecule has 0 spiro atoms. The molecule has 0 amide bonds. The van der Waals surface area contributed by atoms with Crippen LogP contribution in [0.1, 0.15) is 87.9 Å². The summed E-state index contributed by atoms with van der Waals surface area (Å²) in [7, 11) is 2.24. The van der Waals surface area contributed by atoms with E-state index in [1.165, 1.54) is 19.9 Å². The van der Waals surface area contributed by atoms with Crippen molar-refractivity contribution in [2.24, 2.45) is 5.92 Å². The van der Waals surface area contributed by atoms with Gasteiger partial charge >= 0.3 is 19.1 Å². The lowest BCUT2D eigenvalue weighted by Gasteiger charge is -2.46. The van der Waals surface area contributed by atoms with Crippen molar-refractivity contribution in [3.8, 4) is 5.75 Å². The SMILES string of the molecule is COC(=O)c1ccc(OC2CC(N(CC3CCN(c4ccc(B5OC(C)(C)C(C)(C)O5)cc4)CC3)C(C)C)C2)cc1C(=O)OC. The highest BCUT2D eigenvalue weighted by Gasteiger charge is 2.51. The van der Waals surface area contributed by atoms with Gasteiger partial charge < -0.3 is 28.4 Å². The van der Waals surface area contributed by atoms with Gasteiger partial charge in [0.1, 0.15) is 11.9 Å². The summed E-state index contributed by atoms with van der Waals surface area (Å²) in [5, 5.41) is 0. The third-order valence-electron chi connectivity index (χ3n) is 10.2. The molecule has 0 unspecified atom stereocenters. The maximum Gasteiger partial charge on any atom is 0.494 e. The van der Waals surface area contributed by atoms with Gasteiger partial charge in [0.15, 0.2) is 0 Å². The van der Waals surface area contributed by atoms with E-state index in [1.807, 2.05) is 0 Å². The van der Waals surface area contributed by atoms with Gasteiger partial charge in [0, 0.05) is 50.2 Å². The highest BCUT2D eigenvalue weighted by molar-refractivity contribution is 6.62. The largest absolute Gasteiger partial charge is 0.494 e. The Labute approximate surface area is 268 Å². The van der Waals surface area contributed by atoms with Crippen molar-refractivity contribution in [3.63, 3.8) is 0 Å². The van der Waals surface area contributed by atoms with Crippen molar-refractivity contribution in [1.29, 1.82) is 0 Å². The maximum atomic E-state index is 12.3. The zero-order chi connectivity index (χ0) is 32.5. The third kappa shape index (κ3) is 7.18. The molecule has 2 aromatic carbocycles. The molecule has 1 saturated carbocycles. The Morgan fingerprint density at radius 3 is 2.04 bits per heavy atom. The molecule has 10 heteroatoms. The minimum Gasteiger partial charge on any atom is -0.490 e. The van der Waals surface area contributed by atoms with Gasteiger partial charge in [-0.2, -0.15) is 0 Å². The number of rotatable bonds is 10. The highest BCUT2D eigenvalue weighted by Crippen LogP contribution is 2.37. The Kier molecular flexibility index (Phi) is 9.87. The monoisotopic (exact) mass is 620 g/mol. The first-order chi connectivity index (χ1) is 21.3. The van der Waals surface area contributed by atoms with Crippen LogP contribution in [0.4, 0.5) is 5.69 Å². The van der Waals surface area contributed by atoms with Gasteiger partial charge in [-0.15, -0.1) is 0 Å². The van der Waals surface area contributed by atoms with Gasteiger partial charge in [-0.3, -0.25) is 4.90 Å². The molecule has 2 aliphatic heterocycles. The van der Waals surface area contributed by atoms with Gasteiger partial charge in [-0.1, -0.05) is 12.1 Å². The van der Waals surface area contributed by atoms with Crippen LogP contribution in [0, 0.1) is 5.92 Å². The van der Waals surface area contributed by atoms with Crippen LogP contribution >= 0.6 is 0 Å². The van der Waals surface area contributed by atoms with Crippen molar-refractivity contribution in [2.75, 3.05) is 38.8 Å². The second-order valence-corrected chi connectivity index (χ2v) is 14.0. The van der Waals surface area contributed by atoms with Crippen LogP contribution in [0.3, 0.4) is 0 Å². The Morgan fingerprint density at radius 1 is 0.911 bits per heavy atom. The molecular formula is C35H49BN2O7. The molecule has 0 radical (unpaired) electrons. The van der Waals surface area contributed by atoms with E-state index in [0.29, 0.717) is 23.8 Å². The predicted molar refractivity (Wildman–Crippen MR) is 175 cm³/mol. The molecule has 2 saturated heterocycles. The lowest BCUT2D eigenvalue weighted by atomic mass is 9.79. The predicted octanol–water partition coefficient (Wildman–Crippen LogP) is 5.10. The summed E-state index contributed by atoms with van der Waals surface area (Å²) in [5.74, 6) is 0.0305. The molecule has 5 rings (SSSR count). The molecular weight excluding hydrogens is 571 g/mol. The fraction of sp³-hybridized carbons (Fsp3) is 0.600. The lowest BCUT2D eigenvalue weighted by molar-refractivity contribution is -0.00664. The first-order valence-electron chi connectivity index (χ1n) is 16.3. The number of hydrogen-bond acceptors (Lipinski definition) is 9. The summed E-state index contributed by atoms with van der Waals surface area (Å²) in [6, 6.07) is 14.4. The fourth-order valence-electron chi connectivity index (χ4n) is 6.54. The smallest absolute Gasteiger partial charge is 0.490 e. The molecule has 3 fully saturated rings. The molecule has 45 heavy (non-hydrogen) atoms. The van der Waals surface area contributed by atoms with Crippen molar-refractivity contribution in [3.05, 3.63) is 53.6 Å². The van der Waals surface area contributed by atoms with Crippen LogP contribution in [0.5, 0.6) is 5.75 Å². The van der Waals surface area contributed by atoms with Crippen LogP contribution < -0.4 is 15.1 Å². The Balaban J connectivity index is 1.11. The van der Waals surface area contributed by atoms with E-state index >= 15 is 0 Å². The molecule has 3 aliphatic rings. The van der Waals surface area contributed by atoms with Gasteiger partial charge in [-0.05, 0) is 96.1 Å². The first-order valence-corrected chi connectivity index (χ1v) is 16.3. The number of nitrogens with zero attached hydrogens (tertiary/aromatic N) is 2. The molecule has 1 aliphatic carbocycles. The Morgan fingerprint density at radius 2 is 1.49 bits per heavy atom. The minimum atomic E-state index is -0.595. The molecule has 244 valence electrons. The summed E-state index contributed by atoms with van der Waals surface area (Å²) in [6.45, 7) is 16.1. The van der Waals surface area contributed by atoms with E-state index in [2.05, 4.69) is 75.6 Å². The van der Waals surface area contributed by atoms with Crippen molar-refractivity contribution >= 4 is 30.2 Å². The van der Waals surface area contributed by atoms with E-state index in [1.54, 1.807) is 18.2 Å². The standard InChI is InChI=1S/C35H49BN2O7/c1-23(2)38(27-19-29(20-27)43-28-13-14-30(32(39)41-7)31(21-28)33(40)42-8)22-24-15-17-37(18-16-24)26-11-9-25(10-12-26)36-44-34(3,4)35(5,6)45-36/h9-14,21,23-24,27,29H,15-20,22H2,1-8H3. The van der Waals surface area contributed by atoms with Gasteiger partial charge in [0.2, 0.25) is 0 Å². The number of methoxy groups -OCH3 is 2. The van der Waals surface area contributed by atoms with Crippen molar-refractivity contribution in [2.45, 2.75) is 96.6 Å². The van der Waals surface area contributed by atoms with E-state index in [4.69, 9.17) is 23.5 Å². The second-order valence-electron chi connectivity index (χ2n) is 14.0. The van der Waals surface area contributed by atoms with Gasteiger partial charge in [-0.25, -0.2) is 9.59 Å². The van der Waals surface area contributed by atoms with Crippen molar-refractivity contribution in [1.82, 2.24) is 4.90 Å². The average molecular weight is 621 g/mol.